The number of nitrogens with zero attached hydrogens (tertiary/aromatic N) is 5. The molecule has 0 bridgehead atoms. The molecule has 0 amide bonds. The molecule has 1 atom stereocenters. The molecule has 1 unspecified atom stereocenters. The number of thiocarbonyl (C=S) groups is 1. The summed E-state index contributed by atoms with van der Waals surface area (Å²) in [4.78, 5) is 2.57. The molecular weight excluding hydrogens is 272 g/mol. The molecule has 1 aromatic carbocycles. The van der Waals surface area contributed by atoms with E-state index < -0.39 is 0 Å². The van der Waals surface area contributed by atoms with Crippen molar-refractivity contribution in [2.75, 3.05) is 18.0 Å². The Morgan fingerprint density at radius 1 is 1.40 bits per heavy atom. The average Bonchev–Trinajstić information content (AvgIpc) is 2.94. The lowest BCUT2D eigenvalue weighted by molar-refractivity contribution is 0.677. The topological polar surface area (TPSA) is 72.9 Å². The molecule has 0 saturated carbocycles. The summed E-state index contributed by atoms with van der Waals surface area (Å²) in [7, 11) is 0. The van der Waals surface area contributed by atoms with Crippen LogP contribution in [-0.4, -0.2) is 38.3 Å². The van der Waals surface area contributed by atoms with E-state index in [-0.39, 0.29) is 5.92 Å². The highest BCUT2D eigenvalue weighted by Gasteiger charge is 2.18. The summed E-state index contributed by atoms with van der Waals surface area (Å²) in [6, 6.07) is 9.79. The molecular formula is C13H18N6S. The number of hydrogen-bond donors (Lipinski definition) is 1. The Hall–Kier alpha value is -2.02. The Labute approximate surface area is 123 Å². The minimum absolute atomic E-state index is 0.103. The normalized spacial score (nSPS) is 12.1. The molecule has 20 heavy (non-hydrogen) atoms. The number of anilines is 1. The lowest BCUT2D eigenvalue weighted by atomic mass is 10.2. The van der Waals surface area contributed by atoms with Crippen molar-refractivity contribution < 1.29 is 0 Å². The molecule has 0 aliphatic carbocycles. The van der Waals surface area contributed by atoms with Gasteiger partial charge in [-0.3, -0.25) is 0 Å². The maximum atomic E-state index is 5.69. The molecule has 106 valence electrons. The Balaban J connectivity index is 2.28. The van der Waals surface area contributed by atoms with Gasteiger partial charge in [0.05, 0.1) is 10.7 Å². The van der Waals surface area contributed by atoms with Crippen LogP contribution in [0.5, 0.6) is 0 Å². The fourth-order valence-electron chi connectivity index (χ4n) is 1.89. The van der Waals surface area contributed by atoms with Crippen molar-refractivity contribution in [2.24, 2.45) is 11.7 Å². The molecule has 0 spiro atoms. The van der Waals surface area contributed by atoms with Gasteiger partial charge in [-0.05, 0) is 29.5 Å². The highest BCUT2D eigenvalue weighted by molar-refractivity contribution is 7.80. The first-order valence-electron chi connectivity index (χ1n) is 6.51. The molecule has 2 aromatic rings. The molecule has 1 aromatic heterocycles. The minimum Gasteiger partial charge on any atom is -0.393 e. The fraction of sp³-hybridized carbons (Fsp3) is 0.385. The van der Waals surface area contributed by atoms with Crippen molar-refractivity contribution in [1.29, 1.82) is 0 Å². The zero-order chi connectivity index (χ0) is 14.5. The second-order valence-electron chi connectivity index (χ2n) is 4.57. The van der Waals surface area contributed by atoms with E-state index in [4.69, 9.17) is 18.0 Å². The van der Waals surface area contributed by atoms with Gasteiger partial charge in [-0.15, -0.1) is 0 Å². The number of benzene rings is 1. The Morgan fingerprint density at radius 3 is 2.70 bits per heavy atom. The van der Waals surface area contributed by atoms with E-state index >= 15 is 0 Å². The summed E-state index contributed by atoms with van der Waals surface area (Å²) in [6.07, 6.45) is 0. The van der Waals surface area contributed by atoms with Crippen LogP contribution in [0.15, 0.2) is 30.3 Å². The van der Waals surface area contributed by atoms with Gasteiger partial charge < -0.3 is 10.6 Å². The predicted octanol–water partition coefficient (Wildman–Crippen LogP) is 1.41. The van der Waals surface area contributed by atoms with E-state index in [9.17, 15) is 0 Å². The summed E-state index contributed by atoms with van der Waals surface area (Å²) in [5.41, 5.74) is 6.61. The van der Waals surface area contributed by atoms with E-state index in [2.05, 4.69) is 27.3 Å². The summed E-state index contributed by atoms with van der Waals surface area (Å²) in [5, 5.41) is 12.0. The summed E-state index contributed by atoms with van der Waals surface area (Å²) in [6.45, 7) is 5.52. The Morgan fingerprint density at radius 2 is 2.10 bits per heavy atom. The van der Waals surface area contributed by atoms with E-state index in [0.29, 0.717) is 17.5 Å². The van der Waals surface area contributed by atoms with Crippen molar-refractivity contribution in [1.82, 2.24) is 20.2 Å². The third-order valence-electron chi connectivity index (χ3n) is 3.10. The van der Waals surface area contributed by atoms with Crippen LogP contribution < -0.4 is 10.6 Å². The van der Waals surface area contributed by atoms with E-state index in [0.717, 1.165) is 12.2 Å². The number of rotatable bonds is 6. The summed E-state index contributed by atoms with van der Waals surface area (Å²) < 4.78 is 1.72. The van der Waals surface area contributed by atoms with Gasteiger partial charge in [-0.1, -0.05) is 42.4 Å². The van der Waals surface area contributed by atoms with Gasteiger partial charge in [0.2, 0.25) is 5.95 Å². The van der Waals surface area contributed by atoms with Crippen LogP contribution in [0, 0.1) is 5.92 Å². The summed E-state index contributed by atoms with van der Waals surface area (Å²) >= 11 is 5.03. The zero-order valence-electron chi connectivity index (χ0n) is 11.6. The number of aromatic nitrogens is 4. The molecule has 1 heterocycles. The van der Waals surface area contributed by atoms with Crippen LogP contribution >= 0.6 is 12.2 Å². The quantitative estimate of drug-likeness (QED) is 0.811. The molecule has 0 radical (unpaired) electrons. The number of hydrogen-bond acceptors (Lipinski definition) is 5. The largest absolute Gasteiger partial charge is 0.393 e. The maximum absolute atomic E-state index is 5.69. The molecule has 2 rings (SSSR count). The van der Waals surface area contributed by atoms with Crippen molar-refractivity contribution in [3.63, 3.8) is 0 Å². The maximum Gasteiger partial charge on any atom is 0.250 e. The SMILES string of the molecule is CCN(CC(C)C(N)=S)c1nnnn1-c1ccccc1. The van der Waals surface area contributed by atoms with Gasteiger partial charge in [0.15, 0.2) is 0 Å². The molecule has 0 aliphatic rings. The molecule has 0 fully saturated rings. The summed E-state index contributed by atoms with van der Waals surface area (Å²) in [5.74, 6) is 0.799. The lowest BCUT2D eigenvalue weighted by Crippen LogP contribution is -2.35. The van der Waals surface area contributed by atoms with Gasteiger partial charge in [-0.25, -0.2) is 0 Å². The number of nitrogens with two attached hydrogens (primary N) is 1. The van der Waals surface area contributed by atoms with Crippen LogP contribution in [0.2, 0.25) is 0 Å². The highest BCUT2D eigenvalue weighted by atomic mass is 32.1. The predicted molar refractivity (Wildman–Crippen MR) is 83.0 cm³/mol. The van der Waals surface area contributed by atoms with Gasteiger partial charge >= 0.3 is 0 Å². The average molecular weight is 290 g/mol. The second kappa shape index (κ2) is 6.42. The van der Waals surface area contributed by atoms with Crippen molar-refractivity contribution in [3.8, 4) is 5.69 Å². The Bertz CT molecular complexity index is 567. The van der Waals surface area contributed by atoms with Gasteiger partial charge in [0.1, 0.15) is 0 Å². The number of para-hydroxylation sites is 1. The van der Waals surface area contributed by atoms with E-state index in [1.165, 1.54) is 0 Å². The van der Waals surface area contributed by atoms with Crippen molar-refractivity contribution >= 4 is 23.2 Å². The van der Waals surface area contributed by atoms with Crippen LogP contribution in [-0.2, 0) is 0 Å². The molecule has 6 nitrogen and oxygen atoms in total. The molecule has 0 saturated heterocycles. The van der Waals surface area contributed by atoms with E-state index in [1.54, 1.807) is 4.68 Å². The first-order valence-corrected chi connectivity index (χ1v) is 6.92. The third kappa shape index (κ3) is 3.11. The minimum atomic E-state index is 0.103. The first kappa shape index (κ1) is 14.4. The molecule has 0 aliphatic heterocycles. The van der Waals surface area contributed by atoms with Gasteiger partial charge in [0, 0.05) is 19.0 Å². The fourth-order valence-corrected chi connectivity index (χ4v) is 1.96. The van der Waals surface area contributed by atoms with Gasteiger partial charge in [0.25, 0.3) is 0 Å². The smallest absolute Gasteiger partial charge is 0.250 e. The first-order chi connectivity index (χ1) is 9.63. The second-order valence-corrected chi connectivity index (χ2v) is 5.04. The zero-order valence-corrected chi connectivity index (χ0v) is 12.4. The standard InChI is InChI=1S/C13H18N6S/c1-3-18(9-10(2)12(14)20)13-15-16-17-19(13)11-7-5-4-6-8-11/h4-8,10H,3,9H2,1-2H3,(H2,14,20). The van der Waals surface area contributed by atoms with Crippen molar-refractivity contribution in [2.45, 2.75) is 13.8 Å². The monoisotopic (exact) mass is 290 g/mol. The van der Waals surface area contributed by atoms with Crippen LogP contribution in [0.1, 0.15) is 13.8 Å². The highest BCUT2D eigenvalue weighted by Crippen LogP contribution is 2.16. The number of tetrazole rings is 1. The van der Waals surface area contributed by atoms with Gasteiger partial charge in [-0.2, -0.15) is 4.68 Å². The molecule has 7 heteroatoms. The van der Waals surface area contributed by atoms with Crippen LogP contribution in [0.3, 0.4) is 0 Å². The Kier molecular flexibility index (Phi) is 4.62. The van der Waals surface area contributed by atoms with Crippen LogP contribution in [0.4, 0.5) is 5.95 Å². The van der Waals surface area contributed by atoms with Crippen LogP contribution in [0.25, 0.3) is 5.69 Å². The van der Waals surface area contributed by atoms with Crippen molar-refractivity contribution in [3.05, 3.63) is 30.3 Å². The third-order valence-corrected chi connectivity index (χ3v) is 3.50. The lowest BCUT2D eigenvalue weighted by Gasteiger charge is -2.24. The molecule has 2 N–H and O–H groups in total. The van der Waals surface area contributed by atoms with E-state index in [1.807, 2.05) is 37.3 Å².